The molecule has 308 valence electrons. The van der Waals surface area contributed by atoms with Gasteiger partial charge in [-0.15, -0.1) is 0 Å². The molecule has 1 spiro atoms. The van der Waals surface area contributed by atoms with Crippen molar-refractivity contribution >= 4 is 17.5 Å². The molecule has 10 nitrogen and oxygen atoms in total. The highest BCUT2D eigenvalue weighted by molar-refractivity contribution is 5.87. The van der Waals surface area contributed by atoms with E-state index in [9.17, 15) is 34.8 Å². The predicted octanol–water partition coefficient (Wildman–Crippen LogP) is 6.52. The van der Waals surface area contributed by atoms with Crippen LogP contribution in [0.5, 0.6) is 0 Å². The lowest BCUT2D eigenvalue weighted by molar-refractivity contribution is -0.347. The highest BCUT2D eigenvalue weighted by atomic mass is 16.7. The number of rotatable bonds is 3. The third-order valence-electron chi connectivity index (χ3n) is 12.9. The number of esters is 1. The molecule has 0 aromatic heterocycles. The number of ketones is 2. The Hall–Kier alpha value is -2.21. The molecule has 0 saturated carbocycles. The van der Waals surface area contributed by atoms with Crippen LogP contribution >= 0.6 is 0 Å². The maximum absolute atomic E-state index is 13.5. The summed E-state index contributed by atoms with van der Waals surface area (Å²) in [7, 11) is 0. The summed E-state index contributed by atoms with van der Waals surface area (Å²) in [5.41, 5.74) is 0. The minimum atomic E-state index is -1.30. The molecule has 17 atom stereocenters. The average Bonchev–Trinajstić information content (AvgIpc) is 3.14. The molecular weight excluding hydrogens is 688 g/mol. The first-order valence-electron chi connectivity index (χ1n) is 20.7. The third-order valence-corrected chi connectivity index (χ3v) is 12.9. The summed E-state index contributed by atoms with van der Waals surface area (Å²) in [5, 5.41) is 43.6. The van der Waals surface area contributed by atoms with Gasteiger partial charge in [0.15, 0.2) is 5.79 Å². The SMILES string of the molecule is CC[C@@H]1/C=C/C=C/C[C@H](C)[C@@H](O)[C@@H](C)C(=O)[C@H](C)[C@@H](O)[C@H](C)C(=O)[C@H](C)[C@@H](O)[C@H](C)/C=C/C(=O)O[C@@H]2C[C@]3(CC[C@@H](C)[C@@H](C[C@H](C)O)O3)O[C@H](CC1)[C@@H]2C. The summed E-state index contributed by atoms with van der Waals surface area (Å²) in [6.07, 6.45) is 11.6. The molecule has 0 aromatic rings. The molecule has 0 amide bonds. The number of ether oxygens (including phenoxy) is 3. The molecule has 3 heterocycles. The fourth-order valence-electron chi connectivity index (χ4n) is 8.54. The first-order chi connectivity index (χ1) is 25.3. The predicted molar refractivity (Wildman–Crippen MR) is 209 cm³/mol. The van der Waals surface area contributed by atoms with Gasteiger partial charge in [-0.25, -0.2) is 4.79 Å². The van der Waals surface area contributed by atoms with Crippen LogP contribution in [0.4, 0.5) is 0 Å². The van der Waals surface area contributed by atoms with E-state index >= 15 is 0 Å². The monoisotopic (exact) mass is 761 g/mol. The molecule has 0 radical (unpaired) electrons. The number of Topliss-reactive ketones (excluding diaryl/α,β-unsaturated/α-hetero) is 2. The summed E-state index contributed by atoms with van der Waals surface area (Å²) in [5.74, 6) is -6.12. The molecule has 3 rings (SSSR count). The van der Waals surface area contributed by atoms with E-state index in [1.807, 2.05) is 32.1 Å². The van der Waals surface area contributed by atoms with E-state index in [1.165, 1.54) is 6.08 Å². The van der Waals surface area contributed by atoms with Gasteiger partial charge in [0, 0.05) is 54.4 Å². The van der Waals surface area contributed by atoms with Crippen molar-refractivity contribution in [1.29, 1.82) is 0 Å². The lowest BCUT2D eigenvalue weighted by Gasteiger charge is -2.52. The maximum Gasteiger partial charge on any atom is 0.330 e. The molecule has 2 fully saturated rings. The van der Waals surface area contributed by atoms with Crippen molar-refractivity contribution in [3.8, 4) is 0 Å². The van der Waals surface area contributed by atoms with E-state index in [0.717, 1.165) is 25.7 Å². The number of carbonyl (C=O) groups is 3. The molecule has 3 aliphatic heterocycles. The Morgan fingerprint density at radius 1 is 0.759 bits per heavy atom. The van der Waals surface area contributed by atoms with E-state index in [-0.39, 0.29) is 41.7 Å². The topological polar surface area (TPSA) is 160 Å². The molecule has 10 heteroatoms. The van der Waals surface area contributed by atoms with Gasteiger partial charge in [-0.05, 0) is 63.2 Å². The zero-order valence-corrected chi connectivity index (χ0v) is 34.6. The van der Waals surface area contributed by atoms with E-state index < -0.39 is 77.6 Å². The molecule has 0 aromatic carbocycles. The lowest BCUT2D eigenvalue weighted by atomic mass is 9.77. The summed E-state index contributed by atoms with van der Waals surface area (Å²) >= 11 is 0. The Balaban J connectivity index is 1.93. The van der Waals surface area contributed by atoms with Gasteiger partial charge in [0.1, 0.15) is 17.7 Å². The van der Waals surface area contributed by atoms with Gasteiger partial charge in [0.05, 0.1) is 36.6 Å². The fraction of sp³-hybridized carbons (Fsp3) is 0.795. The normalized spacial score (nSPS) is 45.3. The average molecular weight is 761 g/mol. The second-order valence-corrected chi connectivity index (χ2v) is 17.3. The number of allylic oxidation sites excluding steroid dienone is 4. The van der Waals surface area contributed by atoms with Crippen LogP contribution in [0.15, 0.2) is 36.5 Å². The number of hydrogen-bond acceptors (Lipinski definition) is 10. The van der Waals surface area contributed by atoms with Crippen molar-refractivity contribution in [2.75, 3.05) is 0 Å². The molecule has 2 saturated heterocycles. The Labute approximate surface area is 324 Å². The molecule has 4 N–H and O–H groups in total. The van der Waals surface area contributed by atoms with Crippen LogP contribution < -0.4 is 0 Å². The summed E-state index contributed by atoms with van der Waals surface area (Å²) in [6, 6.07) is 0. The van der Waals surface area contributed by atoms with Crippen LogP contribution in [-0.4, -0.2) is 86.5 Å². The van der Waals surface area contributed by atoms with Crippen LogP contribution in [0, 0.1) is 53.3 Å². The maximum atomic E-state index is 13.5. The highest BCUT2D eigenvalue weighted by Crippen LogP contribution is 2.46. The first kappa shape index (κ1) is 46.2. The van der Waals surface area contributed by atoms with Crippen molar-refractivity contribution < 1.29 is 49.0 Å². The standard InChI is InChI=1S/C44H72O10/c1-11-34-16-14-12-13-15-26(3)39(47)30(7)41(49)32(9)43(51)33(10)42(50)31(8)40(48)27(4)17-20-38(46)52-37-24-44(53-35(19-18-34)29(37)6)22-21-25(2)36(54-44)23-28(5)45/h12-14,16-17,20,25-37,39-40,43,45,47-48,51H,11,15,18-19,21-24H2,1-10H3/b13-12+,16-14+,20-17+/t25-,26+,27-,28+,29+,30-,31-,32+,33-,34-,35-,36-,37-,39-,40+,43-,44-/m1/s1. The van der Waals surface area contributed by atoms with Gasteiger partial charge in [-0.2, -0.15) is 0 Å². The largest absolute Gasteiger partial charge is 0.459 e. The van der Waals surface area contributed by atoms with Gasteiger partial charge >= 0.3 is 5.97 Å². The Morgan fingerprint density at radius 3 is 1.98 bits per heavy atom. The van der Waals surface area contributed by atoms with Crippen LogP contribution in [0.1, 0.15) is 121 Å². The molecule has 3 aliphatic rings. The smallest absolute Gasteiger partial charge is 0.330 e. The number of fused-ring (bicyclic) bond motifs is 2. The van der Waals surface area contributed by atoms with Gasteiger partial charge in [0.25, 0.3) is 0 Å². The second-order valence-electron chi connectivity index (χ2n) is 17.3. The number of aliphatic hydroxyl groups is 4. The van der Waals surface area contributed by atoms with Crippen molar-refractivity contribution in [2.24, 2.45) is 53.3 Å². The van der Waals surface area contributed by atoms with Crippen molar-refractivity contribution in [1.82, 2.24) is 0 Å². The molecular formula is C44H72O10. The minimum Gasteiger partial charge on any atom is -0.459 e. The number of aliphatic hydroxyl groups excluding tert-OH is 4. The zero-order valence-electron chi connectivity index (χ0n) is 34.6. The third kappa shape index (κ3) is 12.1. The fourth-order valence-corrected chi connectivity index (χ4v) is 8.54. The Morgan fingerprint density at radius 2 is 1.37 bits per heavy atom. The Kier molecular flexibility index (Phi) is 17.8. The van der Waals surface area contributed by atoms with Gasteiger partial charge < -0.3 is 34.6 Å². The molecule has 54 heavy (non-hydrogen) atoms. The minimum absolute atomic E-state index is 0.121. The number of hydrogen-bond donors (Lipinski definition) is 4. The molecule has 0 aliphatic carbocycles. The zero-order chi connectivity index (χ0) is 40.5. The summed E-state index contributed by atoms with van der Waals surface area (Å²) < 4.78 is 19.7. The summed E-state index contributed by atoms with van der Waals surface area (Å²) in [4.78, 5) is 40.2. The second kappa shape index (κ2) is 20.8. The highest BCUT2D eigenvalue weighted by Gasteiger charge is 2.51. The molecule has 0 unspecified atom stereocenters. The Bertz CT molecular complexity index is 1310. The van der Waals surface area contributed by atoms with Crippen molar-refractivity contribution in [3.63, 3.8) is 0 Å². The van der Waals surface area contributed by atoms with Crippen LogP contribution in [0.3, 0.4) is 0 Å². The summed E-state index contributed by atoms with van der Waals surface area (Å²) in [6.45, 7) is 18.1. The first-order valence-corrected chi connectivity index (χ1v) is 20.7. The van der Waals surface area contributed by atoms with E-state index in [2.05, 4.69) is 19.9 Å². The van der Waals surface area contributed by atoms with Crippen LogP contribution in [-0.2, 0) is 28.6 Å². The molecule has 2 bridgehead atoms. The quantitative estimate of drug-likeness (QED) is 0.233. The van der Waals surface area contributed by atoms with E-state index in [1.54, 1.807) is 47.6 Å². The lowest BCUT2D eigenvalue weighted by Crippen LogP contribution is -2.57. The van der Waals surface area contributed by atoms with Crippen molar-refractivity contribution in [2.45, 2.75) is 169 Å². The number of carbonyl (C=O) groups excluding carboxylic acids is 3. The van der Waals surface area contributed by atoms with E-state index in [4.69, 9.17) is 14.2 Å². The van der Waals surface area contributed by atoms with Crippen LogP contribution in [0.2, 0.25) is 0 Å². The van der Waals surface area contributed by atoms with Gasteiger partial charge in [-0.1, -0.05) is 92.7 Å². The van der Waals surface area contributed by atoms with Crippen LogP contribution in [0.25, 0.3) is 0 Å². The van der Waals surface area contributed by atoms with Gasteiger partial charge in [0.2, 0.25) is 0 Å². The van der Waals surface area contributed by atoms with Crippen molar-refractivity contribution in [3.05, 3.63) is 36.5 Å². The van der Waals surface area contributed by atoms with Gasteiger partial charge in [-0.3, -0.25) is 9.59 Å². The van der Waals surface area contributed by atoms with E-state index in [0.29, 0.717) is 25.7 Å².